The molecule has 11 aromatic carbocycles. The molecule has 0 heterocycles. The van der Waals surface area contributed by atoms with Crippen molar-refractivity contribution in [3.8, 4) is 55.6 Å². The van der Waals surface area contributed by atoms with E-state index in [1.807, 2.05) is 47.4 Å². The van der Waals surface area contributed by atoms with Crippen molar-refractivity contribution < 1.29 is 5.48 Å². The number of hydrogen-bond donors (Lipinski definition) is 0. The number of benzene rings is 11. The number of hydrogen-bond acceptors (Lipinski definition) is 1. The lowest BCUT2D eigenvalue weighted by molar-refractivity contribution is 0.662. The van der Waals surface area contributed by atoms with Gasteiger partial charge in [-0.15, -0.1) is 0 Å². The molecule has 0 N–H and O–H groups in total. The fourth-order valence-electron chi connectivity index (χ4n) is 11.7. The molecule has 69 heavy (non-hydrogen) atoms. The third kappa shape index (κ3) is 6.38. The zero-order valence-electron chi connectivity index (χ0n) is 42.5. The zero-order valence-corrected chi connectivity index (χ0v) is 38.5. The van der Waals surface area contributed by atoms with Crippen LogP contribution in [0, 0.1) is 0 Å². The van der Waals surface area contributed by atoms with E-state index in [1.54, 1.807) is 0 Å². The molecule has 0 bridgehead atoms. The Morgan fingerprint density at radius 3 is 1.62 bits per heavy atom. The molecule has 0 atom stereocenters. The molecule has 0 radical (unpaired) electrons. The van der Waals surface area contributed by atoms with Gasteiger partial charge in [0.25, 0.3) is 0 Å². The number of fused-ring (bicyclic) bond motifs is 7. The quantitative estimate of drug-likeness (QED) is 0.147. The first-order valence-electron chi connectivity index (χ1n) is 25.8. The van der Waals surface area contributed by atoms with Gasteiger partial charge in [0.05, 0.1) is 10.9 Å². The molecular weight excluding hydrogens is 831 g/mol. The van der Waals surface area contributed by atoms with Crippen molar-refractivity contribution >= 4 is 27.8 Å². The Labute approximate surface area is 410 Å². The zero-order chi connectivity index (χ0) is 49.6. The molecule has 2 aliphatic rings. The minimum atomic E-state index is -0.703. The van der Waals surface area contributed by atoms with Gasteiger partial charge >= 0.3 is 0 Å². The molecule has 0 saturated heterocycles. The Balaban J connectivity index is 1.02. The van der Waals surface area contributed by atoms with Gasteiger partial charge in [-0.2, -0.15) is 0 Å². The van der Waals surface area contributed by atoms with Crippen molar-refractivity contribution in [2.45, 2.75) is 24.7 Å². The highest BCUT2D eigenvalue weighted by Crippen LogP contribution is 2.58. The van der Waals surface area contributed by atoms with Crippen LogP contribution in [0.1, 0.15) is 52.7 Å². The smallest absolute Gasteiger partial charge is 0.0714 e. The maximum absolute atomic E-state index is 10.0. The topological polar surface area (TPSA) is 3.24 Å². The van der Waals surface area contributed by atoms with Crippen molar-refractivity contribution in [3.63, 3.8) is 0 Å². The minimum absolute atomic E-state index is 0.106. The molecule has 0 amide bonds. The summed E-state index contributed by atoms with van der Waals surface area (Å²) < 4.78 is 39.7. The first-order chi connectivity index (χ1) is 35.7. The van der Waals surface area contributed by atoms with Crippen LogP contribution in [0.25, 0.3) is 66.4 Å². The van der Waals surface area contributed by atoms with Gasteiger partial charge < -0.3 is 4.90 Å². The van der Waals surface area contributed by atoms with Gasteiger partial charge in [-0.25, -0.2) is 0 Å². The average molecular weight is 884 g/mol. The van der Waals surface area contributed by atoms with Crippen molar-refractivity contribution in [1.29, 1.82) is 0 Å². The summed E-state index contributed by atoms with van der Waals surface area (Å²) in [6, 6.07) is 82.1. The Morgan fingerprint density at radius 2 is 0.870 bits per heavy atom. The van der Waals surface area contributed by atoms with E-state index >= 15 is 0 Å². The maximum Gasteiger partial charge on any atom is 0.0714 e. The summed E-state index contributed by atoms with van der Waals surface area (Å²) in [6.45, 7) is 4.61. The molecule has 13 rings (SSSR count). The lowest BCUT2D eigenvalue weighted by Crippen LogP contribution is -2.28. The van der Waals surface area contributed by atoms with Crippen LogP contribution < -0.4 is 4.90 Å². The van der Waals surface area contributed by atoms with E-state index in [9.17, 15) is 5.48 Å². The van der Waals surface area contributed by atoms with Crippen LogP contribution in [0.2, 0.25) is 0 Å². The van der Waals surface area contributed by atoms with E-state index in [1.165, 1.54) is 27.8 Å². The van der Waals surface area contributed by atoms with Gasteiger partial charge in [0.1, 0.15) is 0 Å². The second-order valence-electron chi connectivity index (χ2n) is 18.9. The fraction of sp³-hybridized carbons (Fsp3) is 0.0588. The van der Waals surface area contributed by atoms with Crippen LogP contribution in [0.4, 0.5) is 17.1 Å². The van der Waals surface area contributed by atoms with Gasteiger partial charge in [0.2, 0.25) is 0 Å². The average Bonchev–Trinajstić information content (AvgIpc) is 3.88. The number of anilines is 3. The lowest BCUT2D eigenvalue weighted by Gasteiger charge is -2.35. The van der Waals surface area contributed by atoms with E-state index in [-0.39, 0.29) is 40.8 Å². The molecule has 0 fully saturated rings. The SMILES string of the molecule is [2H]c1c([2H])c(N(c2ccc(-c3cccc4c3C(C)(C)c3ccccc3-4)cc2)c2ccc3c(c2)C(c2ccccc2)(c2ccccc2)c2ccccc2-3)c([2H])c([2H])c1-c1cccc(-c2cccc3ccccc23)c1. The van der Waals surface area contributed by atoms with Crippen LogP contribution in [0.3, 0.4) is 0 Å². The molecule has 0 aromatic heterocycles. The normalized spacial score (nSPS) is 14.4. The van der Waals surface area contributed by atoms with Gasteiger partial charge in [0.15, 0.2) is 0 Å². The Morgan fingerprint density at radius 1 is 0.333 bits per heavy atom. The van der Waals surface area contributed by atoms with Crippen LogP contribution in [0.15, 0.2) is 261 Å². The van der Waals surface area contributed by atoms with E-state index in [4.69, 9.17) is 0 Å². The predicted molar refractivity (Wildman–Crippen MR) is 290 cm³/mol. The highest BCUT2D eigenvalue weighted by molar-refractivity contribution is 5.97. The largest absolute Gasteiger partial charge is 0.310 e. The lowest BCUT2D eigenvalue weighted by atomic mass is 9.67. The van der Waals surface area contributed by atoms with Crippen LogP contribution in [0.5, 0.6) is 0 Å². The highest BCUT2D eigenvalue weighted by atomic mass is 15.1. The Kier molecular flexibility index (Phi) is 8.52. The second kappa shape index (κ2) is 16.1. The fourth-order valence-corrected chi connectivity index (χ4v) is 11.7. The number of rotatable bonds is 8. The predicted octanol–water partition coefficient (Wildman–Crippen LogP) is 18.0. The summed E-state index contributed by atoms with van der Waals surface area (Å²) in [5.41, 5.74) is 17.6. The highest BCUT2D eigenvalue weighted by Gasteiger charge is 2.46. The van der Waals surface area contributed by atoms with Crippen molar-refractivity contribution in [2.24, 2.45) is 0 Å². The van der Waals surface area contributed by atoms with Crippen molar-refractivity contribution in [3.05, 3.63) is 294 Å². The van der Waals surface area contributed by atoms with Gasteiger partial charge in [-0.1, -0.05) is 232 Å². The summed E-state index contributed by atoms with van der Waals surface area (Å²) >= 11 is 0. The first kappa shape index (κ1) is 36.6. The molecule has 0 spiro atoms. The molecule has 1 heteroatoms. The molecule has 1 nitrogen and oxygen atoms in total. The summed E-state index contributed by atoms with van der Waals surface area (Å²) in [5, 5.41) is 2.22. The van der Waals surface area contributed by atoms with Crippen molar-refractivity contribution in [1.82, 2.24) is 0 Å². The maximum atomic E-state index is 10.0. The van der Waals surface area contributed by atoms with E-state index < -0.39 is 5.41 Å². The number of nitrogens with zero attached hydrogens (tertiary/aromatic N) is 1. The molecule has 326 valence electrons. The molecule has 0 aliphatic heterocycles. The van der Waals surface area contributed by atoms with E-state index in [0.29, 0.717) is 11.3 Å². The monoisotopic (exact) mass is 883 g/mol. The van der Waals surface area contributed by atoms with E-state index in [0.717, 1.165) is 66.5 Å². The van der Waals surface area contributed by atoms with Crippen LogP contribution in [-0.4, -0.2) is 0 Å². The summed E-state index contributed by atoms with van der Waals surface area (Å²) in [6.07, 6.45) is 0. The molecule has 0 saturated carbocycles. The van der Waals surface area contributed by atoms with Gasteiger partial charge in [-0.05, 0) is 142 Å². The van der Waals surface area contributed by atoms with Gasteiger partial charge in [-0.3, -0.25) is 0 Å². The van der Waals surface area contributed by atoms with Crippen molar-refractivity contribution in [2.75, 3.05) is 4.90 Å². The molecule has 2 aliphatic carbocycles. The van der Waals surface area contributed by atoms with Crippen LogP contribution >= 0.6 is 0 Å². The second-order valence-corrected chi connectivity index (χ2v) is 18.9. The third-order valence-electron chi connectivity index (χ3n) is 14.8. The van der Waals surface area contributed by atoms with Crippen LogP contribution in [-0.2, 0) is 10.8 Å². The standard InChI is InChI=1S/C68H49N/c1-67(2)63-32-13-11-28-60(63)62-31-17-30-58(66(62)67)48-36-40-54(41-37-48)69(53-38-34-46(35-39-53)49-20-15-21-50(44-49)57-29-16-19-47-18-9-10-26-56(47)57)55-42-43-61-59-27-12-14-33-64(59)68(65(61)45-55,51-22-5-3-6-23-51)52-24-7-4-8-25-52/h3-45H,1-2H3/i34D,35D,38D,39D. The summed E-state index contributed by atoms with van der Waals surface area (Å²) in [7, 11) is 0. The van der Waals surface area contributed by atoms with E-state index in [2.05, 4.69) is 208 Å². The molecular formula is C68H49N. The summed E-state index contributed by atoms with van der Waals surface area (Å²) in [5.74, 6) is 0. The van der Waals surface area contributed by atoms with Gasteiger partial charge in [0, 0.05) is 22.5 Å². The first-order valence-corrected chi connectivity index (χ1v) is 23.8. The molecule has 0 unspecified atom stereocenters. The molecule has 11 aromatic rings. The minimum Gasteiger partial charge on any atom is -0.310 e. The third-order valence-corrected chi connectivity index (χ3v) is 14.8. The Bertz CT molecular complexity index is 3920. The summed E-state index contributed by atoms with van der Waals surface area (Å²) in [4.78, 5) is 1.94. The Hall–Kier alpha value is -8.52.